The second kappa shape index (κ2) is 20.8. The van der Waals surface area contributed by atoms with Crippen molar-refractivity contribution in [3.05, 3.63) is 0 Å². The van der Waals surface area contributed by atoms with E-state index in [2.05, 4.69) is 0 Å². The van der Waals surface area contributed by atoms with Crippen molar-refractivity contribution in [2.45, 2.75) is 75.5 Å². The number of rotatable bonds is 20. The fourth-order valence-electron chi connectivity index (χ4n) is 5.61. The highest BCUT2D eigenvalue weighted by atomic mass is 16.4. The molecule has 0 aromatic heterocycles. The highest BCUT2D eigenvalue weighted by molar-refractivity contribution is 5.77. The van der Waals surface area contributed by atoms with Crippen LogP contribution in [-0.4, -0.2) is 185 Å². The molecule has 0 spiro atoms. The second-order valence-electron chi connectivity index (χ2n) is 11.3. The Morgan fingerprint density at radius 2 is 0.479 bits per heavy atom. The fourth-order valence-corrected chi connectivity index (χ4v) is 5.61. The summed E-state index contributed by atoms with van der Waals surface area (Å²) in [6, 6.07) is -5.66. The minimum absolute atomic E-state index is 0.213. The van der Waals surface area contributed by atoms with E-state index in [-0.39, 0.29) is 78.0 Å². The lowest BCUT2D eigenvalue weighted by Crippen LogP contribution is -2.56. The third-order valence-corrected chi connectivity index (χ3v) is 8.13. The number of nitrogens with zero attached hydrogens (tertiary/aromatic N) is 4. The molecule has 1 heterocycles. The normalized spacial score (nSPS) is 18.7. The first-order valence-electron chi connectivity index (χ1n) is 15.2. The smallest absolute Gasteiger partial charge is 0.320 e. The van der Waals surface area contributed by atoms with Crippen LogP contribution in [0.5, 0.6) is 0 Å². The summed E-state index contributed by atoms with van der Waals surface area (Å²) in [6.45, 7) is -1.70. The van der Waals surface area contributed by atoms with Gasteiger partial charge in [-0.2, -0.15) is 0 Å². The van der Waals surface area contributed by atoms with E-state index in [1.54, 1.807) is 0 Å². The molecule has 0 bridgehead atoms. The summed E-state index contributed by atoms with van der Waals surface area (Å²) < 4.78 is 0. The molecule has 1 saturated heterocycles. The van der Waals surface area contributed by atoms with Crippen LogP contribution < -0.4 is 0 Å². The zero-order chi connectivity index (χ0) is 36.6. The van der Waals surface area contributed by atoms with E-state index < -0.39 is 97.6 Å². The molecule has 0 radical (unpaired) electrons. The van der Waals surface area contributed by atoms with Gasteiger partial charge < -0.3 is 40.9 Å². The van der Waals surface area contributed by atoms with E-state index >= 15 is 0 Å². The molecule has 0 aromatic rings. The van der Waals surface area contributed by atoms with Crippen molar-refractivity contribution in [1.29, 1.82) is 0 Å². The van der Waals surface area contributed by atoms with Gasteiger partial charge in [0.2, 0.25) is 0 Å². The molecule has 0 unspecified atom stereocenters. The van der Waals surface area contributed by atoms with E-state index in [0.29, 0.717) is 0 Å². The van der Waals surface area contributed by atoms with Gasteiger partial charge in [-0.3, -0.25) is 58.0 Å². The van der Waals surface area contributed by atoms with Crippen LogP contribution in [0.15, 0.2) is 0 Å². The summed E-state index contributed by atoms with van der Waals surface area (Å²) in [5, 5.41) is 76.8. The summed E-state index contributed by atoms with van der Waals surface area (Å²) in [7, 11) is 0. The van der Waals surface area contributed by atoms with E-state index in [4.69, 9.17) is 0 Å². The molecule has 0 saturated carbocycles. The molecule has 1 rings (SSSR count). The Morgan fingerprint density at radius 1 is 0.333 bits per heavy atom. The maximum atomic E-state index is 12.3. The minimum atomic E-state index is -1.42. The van der Waals surface area contributed by atoms with Gasteiger partial charge in [-0.05, 0) is 25.7 Å². The maximum Gasteiger partial charge on any atom is 0.320 e. The number of hydrogen-bond acceptors (Lipinski definition) is 12. The Balaban J connectivity index is 3.70. The van der Waals surface area contributed by atoms with E-state index in [1.165, 1.54) is 19.6 Å². The SMILES string of the molecule is O=C(O)CC[C@H](C(=O)O)N1CCN([C@@H](CCC(=O)O)C(=O)O)CCN([C@H](CCC(=O)O)C(=O)O)CCN([C@@H](CCC(=O)O)C(=O)O)CC1. The van der Waals surface area contributed by atoms with Gasteiger partial charge in [0.25, 0.3) is 0 Å². The lowest BCUT2D eigenvalue weighted by molar-refractivity contribution is -0.149. The van der Waals surface area contributed by atoms with Gasteiger partial charge in [0.05, 0.1) is 0 Å². The monoisotopic (exact) mass is 692 g/mol. The molecule has 20 nitrogen and oxygen atoms in total. The first kappa shape index (κ1) is 41.6. The van der Waals surface area contributed by atoms with Gasteiger partial charge in [0.15, 0.2) is 0 Å². The van der Waals surface area contributed by atoms with Crippen LogP contribution in [0.25, 0.3) is 0 Å². The number of aliphatic carboxylic acids is 8. The van der Waals surface area contributed by atoms with Gasteiger partial charge in [-0.15, -0.1) is 0 Å². The average Bonchev–Trinajstić information content (AvgIpc) is 2.95. The van der Waals surface area contributed by atoms with Crippen molar-refractivity contribution < 1.29 is 79.2 Å². The van der Waals surface area contributed by atoms with Gasteiger partial charge in [-0.25, -0.2) is 0 Å². The molecule has 48 heavy (non-hydrogen) atoms. The van der Waals surface area contributed by atoms with E-state index in [0.717, 1.165) is 0 Å². The average molecular weight is 693 g/mol. The summed E-state index contributed by atoms with van der Waals surface area (Å²) in [5.74, 6) is -10.8. The standard InChI is InChI=1S/C28H44N4O16/c33-21(34)5-1-17(25(41)42)29-9-11-30(18(26(43)44)2-6-22(35)36)13-15-32(20(28(47)48)4-8-24(39)40)16-14-31(12-10-29)19(27(45)46)3-7-23(37)38/h17-20H,1-16H2,(H,33,34)(H,35,36)(H,37,38)(H,39,40)(H,41,42)(H,43,44)(H,45,46)(H,47,48)/t17-,18+,19+,20-. The zero-order valence-electron chi connectivity index (χ0n) is 26.3. The van der Waals surface area contributed by atoms with Gasteiger partial charge in [-0.1, -0.05) is 0 Å². The molecule has 4 atom stereocenters. The maximum absolute atomic E-state index is 12.3. The van der Waals surface area contributed by atoms with Crippen LogP contribution in [0.3, 0.4) is 0 Å². The van der Waals surface area contributed by atoms with E-state index in [9.17, 15) is 79.2 Å². The van der Waals surface area contributed by atoms with Gasteiger partial charge in [0, 0.05) is 78.0 Å². The van der Waals surface area contributed by atoms with Gasteiger partial charge in [0.1, 0.15) is 24.2 Å². The third kappa shape index (κ3) is 15.0. The summed E-state index contributed by atoms with van der Waals surface area (Å²) in [4.78, 5) is 99.7. The lowest BCUT2D eigenvalue weighted by Gasteiger charge is -2.39. The Morgan fingerprint density at radius 3 is 0.583 bits per heavy atom. The topological polar surface area (TPSA) is 311 Å². The molecule has 1 aliphatic rings. The fraction of sp³-hybridized carbons (Fsp3) is 0.714. The molecule has 1 aliphatic heterocycles. The van der Waals surface area contributed by atoms with Crippen LogP contribution in [-0.2, 0) is 38.4 Å². The summed E-state index contributed by atoms with van der Waals surface area (Å²) in [5.41, 5.74) is 0. The van der Waals surface area contributed by atoms with Crippen LogP contribution in [0, 0.1) is 0 Å². The third-order valence-electron chi connectivity index (χ3n) is 8.13. The quantitative estimate of drug-likeness (QED) is 0.0718. The number of carboxylic acids is 8. The molecule has 20 heteroatoms. The minimum Gasteiger partial charge on any atom is -0.481 e. The Kier molecular flexibility index (Phi) is 18.0. The number of hydrogen-bond donors (Lipinski definition) is 8. The van der Waals surface area contributed by atoms with Crippen LogP contribution >= 0.6 is 0 Å². The Hall–Kier alpha value is -4.40. The first-order valence-corrected chi connectivity index (χ1v) is 15.2. The predicted molar refractivity (Wildman–Crippen MR) is 159 cm³/mol. The summed E-state index contributed by atoms with van der Waals surface area (Å²) >= 11 is 0. The molecular formula is C28H44N4O16. The molecule has 272 valence electrons. The van der Waals surface area contributed by atoms with E-state index in [1.807, 2.05) is 0 Å². The molecule has 0 aliphatic carbocycles. The molecule has 0 aromatic carbocycles. The van der Waals surface area contributed by atoms with Crippen molar-refractivity contribution in [3.8, 4) is 0 Å². The van der Waals surface area contributed by atoms with Crippen molar-refractivity contribution >= 4 is 47.8 Å². The largest absolute Gasteiger partial charge is 0.481 e. The highest BCUT2D eigenvalue weighted by Gasteiger charge is 2.35. The van der Waals surface area contributed by atoms with Crippen molar-refractivity contribution in [3.63, 3.8) is 0 Å². The molecule has 1 fully saturated rings. The predicted octanol–water partition coefficient (Wildman–Crippen LogP) is -1.52. The summed E-state index contributed by atoms with van der Waals surface area (Å²) in [6.07, 6.45) is -3.66. The number of carboxylic acid groups (broad SMARTS) is 8. The second-order valence-corrected chi connectivity index (χ2v) is 11.3. The van der Waals surface area contributed by atoms with Gasteiger partial charge >= 0.3 is 47.8 Å². The van der Waals surface area contributed by atoms with Crippen molar-refractivity contribution in [1.82, 2.24) is 19.6 Å². The van der Waals surface area contributed by atoms with Crippen LogP contribution in [0.2, 0.25) is 0 Å². The number of carbonyl (C=O) groups is 8. The highest BCUT2D eigenvalue weighted by Crippen LogP contribution is 2.17. The molecular weight excluding hydrogens is 648 g/mol. The van der Waals surface area contributed by atoms with Crippen molar-refractivity contribution in [2.24, 2.45) is 0 Å². The zero-order valence-corrected chi connectivity index (χ0v) is 26.3. The van der Waals surface area contributed by atoms with Crippen LogP contribution in [0.1, 0.15) is 51.4 Å². The lowest BCUT2D eigenvalue weighted by atomic mass is 10.1. The first-order chi connectivity index (χ1) is 22.4. The van der Waals surface area contributed by atoms with Crippen molar-refractivity contribution in [2.75, 3.05) is 52.4 Å². The van der Waals surface area contributed by atoms with Crippen LogP contribution in [0.4, 0.5) is 0 Å². The Labute approximate surface area is 274 Å². The molecule has 0 amide bonds. The molecule has 8 N–H and O–H groups in total. The Bertz CT molecular complexity index is 974.